The second kappa shape index (κ2) is 6.17. The molecule has 0 saturated heterocycles. The largest absolute Gasteiger partial charge is 0.374 e. The Labute approximate surface area is 112 Å². The molecule has 19 heavy (non-hydrogen) atoms. The number of nitro benzene ring substituents is 1. The monoisotopic (exact) mass is 265 g/mol. The highest BCUT2D eigenvalue weighted by atomic mass is 16.6. The number of non-ortho nitro benzene ring substituents is 1. The SMILES string of the molecule is CCN(C)C(=O)C(C)Nc1cc(C)cc([N+](=O)[O-])c1. The lowest BCUT2D eigenvalue weighted by molar-refractivity contribution is -0.384. The zero-order valence-corrected chi connectivity index (χ0v) is 11.6. The second-order valence-electron chi connectivity index (χ2n) is 4.53. The summed E-state index contributed by atoms with van der Waals surface area (Å²) in [6, 6.07) is 4.28. The maximum Gasteiger partial charge on any atom is 0.271 e. The van der Waals surface area contributed by atoms with Crippen LogP contribution in [-0.4, -0.2) is 35.4 Å². The van der Waals surface area contributed by atoms with E-state index in [0.717, 1.165) is 5.56 Å². The number of hydrogen-bond donors (Lipinski definition) is 1. The molecule has 1 unspecified atom stereocenters. The molecule has 1 atom stereocenters. The molecule has 1 amide bonds. The van der Waals surface area contributed by atoms with E-state index < -0.39 is 11.0 Å². The third-order valence-corrected chi connectivity index (χ3v) is 2.88. The van der Waals surface area contributed by atoms with Gasteiger partial charge in [0.25, 0.3) is 5.69 Å². The minimum atomic E-state index is -0.442. The summed E-state index contributed by atoms with van der Waals surface area (Å²) in [5.74, 6) is -0.0494. The van der Waals surface area contributed by atoms with Crippen molar-refractivity contribution in [3.8, 4) is 0 Å². The molecule has 0 saturated carbocycles. The average molecular weight is 265 g/mol. The van der Waals surface area contributed by atoms with Gasteiger partial charge >= 0.3 is 0 Å². The highest BCUT2D eigenvalue weighted by molar-refractivity contribution is 5.84. The molecule has 0 aromatic heterocycles. The van der Waals surface area contributed by atoms with Crippen molar-refractivity contribution in [1.82, 2.24) is 4.90 Å². The van der Waals surface area contributed by atoms with Crippen LogP contribution >= 0.6 is 0 Å². The van der Waals surface area contributed by atoms with Gasteiger partial charge in [0.05, 0.1) is 4.92 Å². The van der Waals surface area contributed by atoms with Gasteiger partial charge in [-0.3, -0.25) is 14.9 Å². The van der Waals surface area contributed by atoms with Crippen molar-refractivity contribution >= 4 is 17.3 Å². The summed E-state index contributed by atoms with van der Waals surface area (Å²) in [5.41, 5.74) is 1.38. The molecule has 0 aliphatic carbocycles. The number of anilines is 1. The van der Waals surface area contributed by atoms with E-state index >= 15 is 0 Å². The van der Waals surface area contributed by atoms with Crippen molar-refractivity contribution in [1.29, 1.82) is 0 Å². The van der Waals surface area contributed by atoms with Crippen LogP contribution in [0, 0.1) is 17.0 Å². The minimum absolute atomic E-state index is 0.0194. The third kappa shape index (κ3) is 3.94. The van der Waals surface area contributed by atoms with Crippen molar-refractivity contribution in [2.45, 2.75) is 26.8 Å². The molecule has 0 fully saturated rings. The molecule has 0 aliphatic rings. The standard InChI is InChI=1S/C13H19N3O3/c1-5-15(4)13(17)10(3)14-11-6-9(2)7-12(8-11)16(18)19/h6-8,10,14H,5H2,1-4H3. The first-order valence-electron chi connectivity index (χ1n) is 6.12. The van der Waals surface area contributed by atoms with Crippen LogP contribution in [0.1, 0.15) is 19.4 Å². The first-order chi connectivity index (χ1) is 8.85. The van der Waals surface area contributed by atoms with Gasteiger partial charge in [-0.25, -0.2) is 0 Å². The Bertz CT molecular complexity index is 488. The summed E-state index contributed by atoms with van der Waals surface area (Å²) in [6.07, 6.45) is 0. The summed E-state index contributed by atoms with van der Waals surface area (Å²) in [7, 11) is 1.72. The summed E-state index contributed by atoms with van der Waals surface area (Å²) in [6.45, 7) is 6.03. The zero-order chi connectivity index (χ0) is 14.6. The number of amides is 1. The van der Waals surface area contributed by atoms with Crippen LogP contribution in [0.2, 0.25) is 0 Å². The third-order valence-electron chi connectivity index (χ3n) is 2.88. The van der Waals surface area contributed by atoms with Crippen molar-refractivity contribution in [3.63, 3.8) is 0 Å². The van der Waals surface area contributed by atoms with E-state index in [1.54, 1.807) is 31.9 Å². The topological polar surface area (TPSA) is 75.5 Å². The van der Waals surface area contributed by atoms with E-state index in [1.165, 1.54) is 12.1 Å². The number of nitrogens with one attached hydrogen (secondary N) is 1. The number of rotatable bonds is 5. The van der Waals surface area contributed by atoms with Crippen LogP contribution in [0.15, 0.2) is 18.2 Å². The van der Waals surface area contributed by atoms with E-state index in [2.05, 4.69) is 5.32 Å². The number of aryl methyl sites for hydroxylation is 1. The highest BCUT2D eigenvalue weighted by Gasteiger charge is 2.17. The molecule has 6 heteroatoms. The van der Waals surface area contributed by atoms with Crippen molar-refractivity contribution in [2.24, 2.45) is 0 Å². The molecule has 6 nitrogen and oxygen atoms in total. The van der Waals surface area contributed by atoms with Gasteiger partial charge < -0.3 is 10.2 Å². The van der Waals surface area contributed by atoms with Gasteiger partial charge in [0.2, 0.25) is 5.91 Å². The summed E-state index contributed by atoms with van der Waals surface area (Å²) >= 11 is 0. The molecule has 1 aromatic rings. The average Bonchev–Trinajstić information content (AvgIpc) is 2.35. The molecule has 0 radical (unpaired) electrons. The van der Waals surface area contributed by atoms with Gasteiger partial charge in [-0.05, 0) is 32.4 Å². The Morgan fingerprint density at radius 3 is 2.63 bits per heavy atom. The Balaban J connectivity index is 2.87. The van der Waals surface area contributed by atoms with Gasteiger partial charge in [0.15, 0.2) is 0 Å². The number of benzene rings is 1. The van der Waals surface area contributed by atoms with Crippen LogP contribution in [0.3, 0.4) is 0 Å². The quantitative estimate of drug-likeness (QED) is 0.654. The molecule has 0 heterocycles. The van der Waals surface area contributed by atoms with Crippen molar-refractivity contribution in [2.75, 3.05) is 18.9 Å². The number of carbonyl (C=O) groups excluding carboxylic acids is 1. The molecule has 104 valence electrons. The number of carbonyl (C=O) groups is 1. The molecular weight excluding hydrogens is 246 g/mol. The van der Waals surface area contributed by atoms with Crippen LogP contribution < -0.4 is 5.32 Å². The van der Waals surface area contributed by atoms with Crippen LogP contribution in [0.25, 0.3) is 0 Å². The van der Waals surface area contributed by atoms with Crippen molar-refractivity contribution < 1.29 is 9.72 Å². The Morgan fingerprint density at radius 2 is 2.11 bits per heavy atom. The van der Waals surface area contributed by atoms with E-state index in [1.807, 2.05) is 6.92 Å². The molecule has 0 aliphatic heterocycles. The van der Waals surface area contributed by atoms with E-state index in [-0.39, 0.29) is 11.6 Å². The highest BCUT2D eigenvalue weighted by Crippen LogP contribution is 2.21. The molecule has 0 spiro atoms. The number of nitrogens with zero attached hydrogens (tertiary/aromatic N) is 2. The van der Waals surface area contributed by atoms with Crippen LogP contribution in [0.5, 0.6) is 0 Å². The maximum atomic E-state index is 11.9. The normalized spacial score (nSPS) is 11.8. The first kappa shape index (κ1) is 14.9. The van der Waals surface area contributed by atoms with Gasteiger partial charge in [-0.2, -0.15) is 0 Å². The number of hydrogen-bond acceptors (Lipinski definition) is 4. The molecular formula is C13H19N3O3. The Kier molecular flexibility index (Phi) is 4.86. The first-order valence-corrected chi connectivity index (χ1v) is 6.12. The fourth-order valence-corrected chi connectivity index (χ4v) is 1.75. The Morgan fingerprint density at radius 1 is 1.47 bits per heavy atom. The van der Waals surface area contributed by atoms with Gasteiger partial charge in [-0.15, -0.1) is 0 Å². The van der Waals surface area contributed by atoms with Gasteiger partial charge in [-0.1, -0.05) is 0 Å². The van der Waals surface area contributed by atoms with Crippen LogP contribution in [0.4, 0.5) is 11.4 Å². The predicted molar refractivity (Wildman–Crippen MR) is 74.2 cm³/mol. The summed E-state index contributed by atoms with van der Waals surface area (Å²) < 4.78 is 0. The summed E-state index contributed by atoms with van der Waals surface area (Å²) in [5, 5.41) is 13.8. The molecule has 1 N–H and O–H groups in total. The van der Waals surface area contributed by atoms with Crippen LogP contribution in [-0.2, 0) is 4.79 Å². The van der Waals surface area contributed by atoms with Crippen molar-refractivity contribution in [3.05, 3.63) is 33.9 Å². The maximum absolute atomic E-state index is 11.9. The van der Waals surface area contributed by atoms with E-state index in [4.69, 9.17) is 0 Å². The Hall–Kier alpha value is -2.11. The lowest BCUT2D eigenvalue weighted by Crippen LogP contribution is -2.38. The fraction of sp³-hybridized carbons (Fsp3) is 0.462. The van der Waals surface area contributed by atoms with Gasteiger partial charge in [0, 0.05) is 31.4 Å². The lowest BCUT2D eigenvalue weighted by Gasteiger charge is -2.21. The van der Waals surface area contributed by atoms with Gasteiger partial charge in [0.1, 0.15) is 6.04 Å². The van der Waals surface area contributed by atoms with E-state index in [0.29, 0.717) is 12.2 Å². The fourth-order valence-electron chi connectivity index (χ4n) is 1.75. The zero-order valence-electron chi connectivity index (χ0n) is 11.6. The smallest absolute Gasteiger partial charge is 0.271 e. The minimum Gasteiger partial charge on any atom is -0.374 e. The predicted octanol–water partition coefficient (Wildman–Crippen LogP) is 2.18. The second-order valence-corrected chi connectivity index (χ2v) is 4.53. The molecule has 0 bridgehead atoms. The molecule has 1 rings (SSSR count). The molecule has 1 aromatic carbocycles. The number of likely N-dealkylation sites (N-methyl/N-ethyl adjacent to an activating group) is 1. The van der Waals surface area contributed by atoms with E-state index in [9.17, 15) is 14.9 Å². The summed E-state index contributed by atoms with van der Waals surface area (Å²) in [4.78, 5) is 23.9. The number of nitro groups is 1. The lowest BCUT2D eigenvalue weighted by atomic mass is 10.1.